The Morgan fingerprint density at radius 3 is 2.40 bits per heavy atom. The molecule has 0 heterocycles. The lowest BCUT2D eigenvalue weighted by Crippen LogP contribution is -2.31. The molecule has 58 valence electrons. The zero-order valence-electron chi connectivity index (χ0n) is 6.85. The van der Waals surface area contributed by atoms with Gasteiger partial charge in [0.1, 0.15) is 0 Å². The van der Waals surface area contributed by atoms with Gasteiger partial charge in [0.2, 0.25) is 0 Å². The van der Waals surface area contributed by atoms with Gasteiger partial charge < -0.3 is 4.90 Å². The largest absolute Gasteiger partial charge is 0.358 e. The number of nitrogens with one attached hydrogen (secondary N) is 1. The van der Waals surface area contributed by atoms with Gasteiger partial charge in [0, 0.05) is 19.0 Å². The van der Waals surface area contributed by atoms with Crippen molar-refractivity contribution in [1.29, 1.82) is 5.41 Å². The fourth-order valence-corrected chi connectivity index (χ4v) is 1.26. The molecule has 1 N–H and O–H groups in total. The van der Waals surface area contributed by atoms with Crippen LogP contribution in [0, 0.1) is 5.41 Å². The van der Waals surface area contributed by atoms with Crippen LogP contribution < -0.4 is 0 Å². The maximum absolute atomic E-state index is 7.59. The summed E-state index contributed by atoms with van der Waals surface area (Å²) in [6, 6.07) is 0.720. The van der Waals surface area contributed by atoms with Crippen molar-refractivity contribution in [3.05, 3.63) is 0 Å². The van der Waals surface area contributed by atoms with Gasteiger partial charge in [-0.25, -0.2) is 0 Å². The summed E-state index contributed by atoms with van der Waals surface area (Å²) in [5.41, 5.74) is 0. The third-order valence-corrected chi connectivity index (χ3v) is 2.01. The fourth-order valence-electron chi connectivity index (χ4n) is 1.26. The van der Waals surface area contributed by atoms with Crippen LogP contribution in [0.3, 0.4) is 0 Å². The average molecular weight is 140 g/mol. The Balaban J connectivity index is 2.38. The van der Waals surface area contributed by atoms with E-state index in [1.54, 1.807) is 0 Å². The average Bonchev–Trinajstić information content (AvgIpc) is 2.73. The Labute approximate surface area is 62.7 Å². The van der Waals surface area contributed by atoms with Gasteiger partial charge in [-0.1, -0.05) is 6.92 Å². The molecule has 0 radical (unpaired) electrons. The molecule has 2 heteroatoms. The van der Waals surface area contributed by atoms with E-state index in [9.17, 15) is 0 Å². The number of hydrogen-bond acceptors (Lipinski definition) is 1. The van der Waals surface area contributed by atoms with Crippen LogP contribution in [0.25, 0.3) is 0 Å². The summed E-state index contributed by atoms with van der Waals surface area (Å²) in [5, 5.41) is 7.59. The molecule has 0 aromatic carbocycles. The normalized spacial score (nSPS) is 17.0. The minimum Gasteiger partial charge on any atom is -0.358 e. The maximum Gasteiger partial charge on any atom is 0.0957 e. The van der Waals surface area contributed by atoms with E-state index in [4.69, 9.17) is 5.41 Å². The van der Waals surface area contributed by atoms with E-state index in [1.807, 2.05) is 6.92 Å². The number of hydrogen-bond donors (Lipinski definition) is 1. The molecular weight excluding hydrogens is 124 g/mol. The third-order valence-electron chi connectivity index (χ3n) is 2.01. The Bertz CT molecular complexity index is 127. The highest BCUT2D eigenvalue weighted by Gasteiger charge is 2.28. The molecule has 0 aromatic rings. The predicted molar refractivity (Wildman–Crippen MR) is 43.4 cm³/mol. The van der Waals surface area contributed by atoms with Crippen molar-refractivity contribution in [2.75, 3.05) is 6.54 Å². The highest BCUT2D eigenvalue weighted by Crippen LogP contribution is 2.26. The summed E-state index contributed by atoms with van der Waals surface area (Å²) in [5.74, 6) is 0.810. The summed E-state index contributed by atoms with van der Waals surface area (Å²) >= 11 is 0. The molecule has 0 bridgehead atoms. The Kier molecular flexibility index (Phi) is 2.30. The van der Waals surface area contributed by atoms with Crippen molar-refractivity contribution in [2.45, 2.75) is 39.2 Å². The molecule has 10 heavy (non-hydrogen) atoms. The van der Waals surface area contributed by atoms with Crippen LogP contribution in [0.5, 0.6) is 0 Å². The van der Waals surface area contributed by atoms with E-state index in [2.05, 4.69) is 11.8 Å². The Morgan fingerprint density at radius 1 is 1.50 bits per heavy atom. The van der Waals surface area contributed by atoms with Gasteiger partial charge in [-0.05, 0) is 19.8 Å². The summed E-state index contributed by atoms with van der Waals surface area (Å²) in [6.45, 7) is 5.19. The number of rotatable bonds is 3. The molecule has 2 nitrogen and oxygen atoms in total. The van der Waals surface area contributed by atoms with Gasteiger partial charge >= 0.3 is 0 Å². The quantitative estimate of drug-likeness (QED) is 0.470. The molecule has 1 saturated carbocycles. The molecule has 0 aromatic heterocycles. The molecule has 1 aliphatic rings. The van der Waals surface area contributed by atoms with E-state index in [1.165, 1.54) is 12.8 Å². The second kappa shape index (κ2) is 3.04. The maximum atomic E-state index is 7.59. The topological polar surface area (TPSA) is 27.1 Å². The smallest absolute Gasteiger partial charge is 0.0957 e. The van der Waals surface area contributed by atoms with E-state index < -0.39 is 0 Å². The van der Waals surface area contributed by atoms with E-state index >= 15 is 0 Å². The van der Waals surface area contributed by atoms with Crippen molar-refractivity contribution in [3.8, 4) is 0 Å². The third kappa shape index (κ3) is 1.49. The minimum absolute atomic E-state index is 0.720. The first-order valence-electron chi connectivity index (χ1n) is 4.13. The predicted octanol–water partition coefficient (Wildman–Crippen LogP) is 1.86. The fraction of sp³-hybridized carbons (Fsp3) is 0.875. The lowest BCUT2D eigenvalue weighted by atomic mass is 10.3. The molecule has 0 amide bonds. The molecule has 0 saturated heterocycles. The van der Waals surface area contributed by atoms with E-state index in [0.717, 1.165) is 24.8 Å². The first-order chi connectivity index (χ1) is 4.79. The van der Waals surface area contributed by atoms with Gasteiger partial charge in [-0.2, -0.15) is 0 Å². The van der Waals surface area contributed by atoms with Gasteiger partial charge in [-0.15, -0.1) is 0 Å². The second-order valence-corrected chi connectivity index (χ2v) is 2.82. The zero-order valence-corrected chi connectivity index (χ0v) is 6.85. The van der Waals surface area contributed by atoms with Crippen molar-refractivity contribution in [2.24, 2.45) is 0 Å². The highest BCUT2D eigenvalue weighted by atomic mass is 15.2. The second-order valence-electron chi connectivity index (χ2n) is 2.82. The van der Waals surface area contributed by atoms with Crippen LogP contribution in [0.1, 0.15) is 33.1 Å². The number of amidine groups is 1. The first kappa shape index (κ1) is 7.58. The number of nitrogens with zero attached hydrogens (tertiary/aromatic N) is 1. The van der Waals surface area contributed by atoms with E-state index in [-0.39, 0.29) is 0 Å². The molecule has 0 atom stereocenters. The van der Waals surface area contributed by atoms with Crippen LogP contribution in [0.15, 0.2) is 0 Å². The van der Waals surface area contributed by atoms with Crippen LogP contribution in [0.4, 0.5) is 0 Å². The van der Waals surface area contributed by atoms with Crippen molar-refractivity contribution in [3.63, 3.8) is 0 Å². The van der Waals surface area contributed by atoms with Gasteiger partial charge in [0.05, 0.1) is 5.84 Å². The monoisotopic (exact) mass is 140 g/mol. The molecule has 0 spiro atoms. The summed E-state index contributed by atoms with van der Waals surface area (Å²) in [6.07, 6.45) is 3.48. The standard InChI is InChI=1S/C8H16N2/c1-3-8(9)10(4-2)7-5-6-7/h7,9H,3-6H2,1-2H3. The van der Waals surface area contributed by atoms with Crippen molar-refractivity contribution < 1.29 is 0 Å². The molecule has 1 rings (SSSR count). The van der Waals surface area contributed by atoms with Gasteiger partial charge in [0.15, 0.2) is 0 Å². The van der Waals surface area contributed by atoms with Crippen LogP contribution in [0.2, 0.25) is 0 Å². The molecule has 0 unspecified atom stereocenters. The minimum atomic E-state index is 0.720. The first-order valence-corrected chi connectivity index (χ1v) is 4.13. The van der Waals surface area contributed by atoms with Gasteiger partial charge in [-0.3, -0.25) is 5.41 Å². The van der Waals surface area contributed by atoms with Crippen molar-refractivity contribution in [1.82, 2.24) is 4.90 Å². The summed E-state index contributed by atoms with van der Waals surface area (Å²) in [7, 11) is 0. The Hall–Kier alpha value is -0.530. The Morgan fingerprint density at radius 2 is 2.10 bits per heavy atom. The molecular formula is C8H16N2. The van der Waals surface area contributed by atoms with Gasteiger partial charge in [0.25, 0.3) is 0 Å². The van der Waals surface area contributed by atoms with Crippen LogP contribution in [-0.2, 0) is 0 Å². The lowest BCUT2D eigenvalue weighted by molar-refractivity contribution is 0.421. The highest BCUT2D eigenvalue weighted by molar-refractivity contribution is 5.79. The zero-order chi connectivity index (χ0) is 7.56. The van der Waals surface area contributed by atoms with Crippen LogP contribution in [-0.4, -0.2) is 23.3 Å². The van der Waals surface area contributed by atoms with E-state index in [0.29, 0.717) is 0 Å². The van der Waals surface area contributed by atoms with Crippen molar-refractivity contribution >= 4 is 5.84 Å². The molecule has 1 fully saturated rings. The van der Waals surface area contributed by atoms with Crippen LogP contribution >= 0.6 is 0 Å². The lowest BCUT2D eigenvalue weighted by Gasteiger charge is -2.21. The molecule has 0 aliphatic heterocycles. The summed E-state index contributed by atoms with van der Waals surface area (Å²) in [4.78, 5) is 2.21. The molecule has 1 aliphatic carbocycles. The SMILES string of the molecule is CCC(=N)N(CC)C1CC1. The summed E-state index contributed by atoms with van der Waals surface area (Å²) < 4.78 is 0.